The van der Waals surface area contributed by atoms with Crippen molar-refractivity contribution in [1.29, 1.82) is 0 Å². The fourth-order valence-electron chi connectivity index (χ4n) is 3.02. The highest BCUT2D eigenvalue weighted by Crippen LogP contribution is 2.12. The second-order valence-electron chi connectivity index (χ2n) is 7.07. The van der Waals surface area contributed by atoms with Crippen molar-refractivity contribution < 1.29 is 9.59 Å². The number of hydrogen-bond donors (Lipinski definition) is 2. The van der Waals surface area contributed by atoms with Gasteiger partial charge in [-0.1, -0.05) is 13.8 Å². The van der Waals surface area contributed by atoms with E-state index in [0.717, 1.165) is 18.8 Å². The van der Waals surface area contributed by atoms with Gasteiger partial charge in [0, 0.05) is 19.4 Å². The first-order valence-electron chi connectivity index (χ1n) is 8.64. The normalized spacial score (nSPS) is 20.9. The van der Waals surface area contributed by atoms with Gasteiger partial charge in [0.15, 0.2) is 5.78 Å². The van der Waals surface area contributed by atoms with Gasteiger partial charge in [0.25, 0.3) is 0 Å². The van der Waals surface area contributed by atoms with Crippen LogP contribution in [0.15, 0.2) is 12.4 Å². The summed E-state index contributed by atoms with van der Waals surface area (Å²) < 4.78 is 1.96. The third-order valence-electron chi connectivity index (χ3n) is 4.40. The molecule has 3 N–H and O–H groups in total. The molecule has 0 aliphatic carbocycles. The number of amides is 1. The maximum atomic E-state index is 12.5. The predicted molar refractivity (Wildman–Crippen MR) is 92.1 cm³/mol. The van der Waals surface area contributed by atoms with Crippen LogP contribution in [0.2, 0.25) is 0 Å². The number of nitrogens with zero attached hydrogens (tertiary/aromatic N) is 3. The standard InChI is InChI=1S/C17H29N5O2/c1-12(2)9-13(18)17(24)20-14-5-4-7-22(10-15(14)23)11-16-19-6-8-21(16)3/h6,8,12-14H,4-5,7,9-11,18H2,1-3H3,(H,20,24)/t13-,14?/m0/s1. The number of aromatic nitrogens is 2. The summed E-state index contributed by atoms with van der Waals surface area (Å²) in [5.41, 5.74) is 5.91. The van der Waals surface area contributed by atoms with Crippen molar-refractivity contribution in [2.75, 3.05) is 13.1 Å². The number of hydrogen-bond acceptors (Lipinski definition) is 5. The van der Waals surface area contributed by atoms with Crippen LogP contribution in [0.3, 0.4) is 0 Å². The first-order chi connectivity index (χ1) is 11.4. The topological polar surface area (TPSA) is 93.2 Å². The fourth-order valence-corrected chi connectivity index (χ4v) is 3.02. The molecule has 1 amide bonds. The minimum Gasteiger partial charge on any atom is -0.345 e. The fraction of sp³-hybridized carbons (Fsp3) is 0.706. The lowest BCUT2D eigenvalue weighted by Crippen LogP contribution is -2.49. The lowest BCUT2D eigenvalue weighted by atomic mass is 10.0. The highest BCUT2D eigenvalue weighted by atomic mass is 16.2. The maximum absolute atomic E-state index is 12.5. The van der Waals surface area contributed by atoms with Crippen molar-refractivity contribution in [3.8, 4) is 0 Å². The first-order valence-corrected chi connectivity index (χ1v) is 8.64. The van der Waals surface area contributed by atoms with Crippen LogP contribution in [0.25, 0.3) is 0 Å². The van der Waals surface area contributed by atoms with E-state index < -0.39 is 12.1 Å². The Bertz CT molecular complexity index is 569. The van der Waals surface area contributed by atoms with Crippen LogP contribution < -0.4 is 11.1 Å². The molecule has 7 nitrogen and oxygen atoms in total. The largest absolute Gasteiger partial charge is 0.345 e. The van der Waals surface area contributed by atoms with E-state index in [1.54, 1.807) is 6.20 Å². The highest BCUT2D eigenvalue weighted by molar-refractivity contribution is 5.92. The quantitative estimate of drug-likeness (QED) is 0.787. The number of nitrogens with two attached hydrogens (primary N) is 1. The Hall–Kier alpha value is -1.73. The van der Waals surface area contributed by atoms with Gasteiger partial charge in [-0.2, -0.15) is 0 Å². The van der Waals surface area contributed by atoms with Gasteiger partial charge in [-0.15, -0.1) is 0 Å². The molecule has 1 aliphatic rings. The summed E-state index contributed by atoms with van der Waals surface area (Å²) in [5, 5.41) is 2.84. The molecule has 24 heavy (non-hydrogen) atoms. The number of carbonyl (C=O) groups excluding carboxylic acids is 2. The Labute approximate surface area is 143 Å². The molecule has 1 aromatic heterocycles. The van der Waals surface area contributed by atoms with Gasteiger partial charge in [-0.3, -0.25) is 14.5 Å². The summed E-state index contributed by atoms with van der Waals surface area (Å²) in [7, 11) is 1.95. The molecule has 2 heterocycles. The number of likely N-dealkylation sites (tertiary alicyclic amines) is 1. The van der Waals surface area contributed by atoms with Gasteiger partial charge in [-0.25, -0.2) is 4.98 Å². The predicted octanol–water partition coefficient (Wildman–Crippen LogP) is 0.443. The lowest BCUT2D eigenvalue weighted by Gasteiger charge is -2.20. The number of nitrogens with one attached hydrogen (secondary N) is 1. The number of ketones is 1. The van der Waals surface area contributed by atoms with Crippen LogP contribution in [-0.4, -0.2) is 51.3 Å². The van der Waals surface area contributed by atoms with E-state index in [0.29, 0.717) is 31.8 Å². The second-order valence-corrected chi connectivity index (χ2v) is 7.07. The zero-order chi connectivity index (χ0) is 17.7. The third kappa shape index (κ3) is 5.14. The van der Waals surface area contributed by atoms with Crippen molar-refractivity contribution in [1.82, 2.24) is 19.8 Å². The number of rotatable bonds is 6. The third-order valence-corrected chi connectivity index (χ3v) is 4.40. The molecule has 0 bridgehead atoms. The smallest absolute Gasteiger partial charge is 0.237 e. The molecule has 2 atom stereocenters. The van der Waals surface area contributed by atoms with Crippen LogP contribution in [0, 0.1) is 5.92 Å². The number of imidazole rings is 1. The van der Waals surface area contributed by atoms with Gasteiger partial charge in [-0.05, 0) is 31.7 Å². The molecule has 0 aromatic carbocycles. The lowest BCUT2D eigenvalue weighted by molar-refractivity contribution is -0.129. The summed E-state index contributed by atoms with van der Waals surface area (Å²) in [4.78, 5) is 31.1. The minimum atomic E-state index is -0.551. The van der Waals surface area contributed by atoms with Crippen LogP contribution in [0.1, 0.15) is 38.9 Å². The van der Waals surface area contributed by atoms with Gasteiger partial charge in [0.2, 0.25) is 5.91 Å². The Morgan fingerprint density at radius 3 is 2.88 bits per heavy atom. The Balaban J connectivity index is 1.90. The molecule has 1 saturated heterocycles. The molecule has 0 spiro atoms. The van der Waals surface area contributed by atoms with Crippen molar-refractivity contribution >= 4 is 11.7 Å². The maximum Gasteiger partial charge on any atom is 0.237 e. The van der Waals surface area contributed by atoms with Crippen molar-refractivity contribution in [3.63, 3.8) is 0 Å². The van der Waals surface area contributed by atoms with E-state index >= 15 is 0 Å². The van der Waals surface area contributed by atoms with Gasteiger partial charge in [0.05, 0.1) is 25.2 Å². The number of aryl methyl sites for hydroxylation is 1. The van der Waals surface area contributed by atoms with E-state index in [1.807, 2.05) is 31.7 Å². The Morgan fingerprint density at radius 2 is 2.25 bits per heavy atom. The Kier molecular flexibility index (Phi) is 6.51. The van der Waals surface area contributed by atoms with Gasteiger partial charge in [0.1, 0.15) is 5.82 Å². The van der Waals surface area contributed by atoms with E-state index in [4.69, 9.17) is 5.73 Å². The molecule has 1 unspecified atom stereocenters. The molecular formula is C17H29N5O2. The van der Waals surface area contributed by atoms with Crippen LogP contribution in [0.4, 0.5) is 0 Å². The van der Waals surface area contributed by atoms with E-state index in [2.05, 4.69) is 15.2 Å². The minimum absolute atomic E-state index is 0.0480. The second kappa shape index (κ2) is 8.39. The molecule has 134 valence electrons. The first kappa shape index (κ1) is 18.6. The van der Waals surface area contributed by atoms with Crippen molar-refractivity contribution in [2.45, 2.75) is 51.7 Å². The van der Waals surface area contributed by atoms with E-state index in [9.17, 15) is 9.59 Å². The number of carbonyl (C=O) groups is 2. The van der Waals surface area contributed by atoms with Crippen LogP contribution >= 0.6 is 0 Å². The monoisotopic (exact) mass is 335 g/mol. The van der Waals surface area contributed by atoms with Crippen LogP contribution in [0.5, 0.6) is 0 Å². The molecule has 1 aromatic rings. The average molecular weight is 335 g/mol. The molecule has 0 saturated carbocycles. The number of Topliss-reactive ketones (excluding diaryl/α,β-unsaturated/α-hetero) is 1. The molecule has 1 aliphatic heterocycles. The average Bonchev–Trinajstić information content (AvgIpc) is 2.81. The summed E-state index contributed by atoms with van der Waals surface area (Å²) in [6.07, 6.45) is 5.80. The van der Waals surface area contributed by atoms with Crippen molar-refractivity contribution in [3.05, 3.63) is 18.2 Å². The SMILES string of the molecule is CC(C)C[C@H](N)C(=O)NC1CCCN(Cc2nccn2C)CC1=O. The summed E-state index contributed by atoms with van der Waals surface area (Å²) in [5.74, 6) is 1.11. The zero-order valence-corrected chi connectivity index (χ0v) is 14.9. The zero-order valence-electron chi connectivity index (χ0n) is 14.9. The van der Waals surface area contributed by atoms with Crippen LogP contribution in [-0.2, 0) is 23.2 Å². The highest BCUT2D eigenvalue weighted by Gasteiger charge is 2.28. The molecule has 2 rings (SSSR count). The summed E-state index contributed by atoms with van der Waals surface area (Å²) >= 11 is 0. The van der Waals surface area contributed by atoms with Gasteiger partial charge >= 0.3 is 0 Å². The van der Waals surface area contributed by atoms with Gasteiger partial charge < -0.3 is 15.6 Å². The summed E-state index contributed by atoms with van der Waals surface area (Å²) in [6.45, 7) is 5.85. The molecule has 0 radical (unpaired) electrons. The molecule has 7 heteroatoms. The van der Waals surface area contributed by atoms with E-state index in [-0.39, 0.29) is 11.7 Å². The van der Waals surface area contributed by atoms with E-state index in [1.165, 1.54) is 0 Å². The molecule has 1 fully saturated rings. The molecular weight excluding hydrogens is 306 g/mol. The Morgan fingerprint density at radius 1 is 1.50 bits per heavy atom. The summed E-state index contributed by atoms with van der Waals surface area (Å²) in [6, 6.07) is -0.980. The van der Waals surface area contributed by atoms with Crippen molar-refractivity contribution in [2.24, 2.45) is 18.7 Å².